The molecule has 76 valence electrons. The molecule has 0 saturated heterocycles. The van der Waals surface area contributed by atoms with Crippen LogP contribution in [-0.4, -0.2) is 20.9 Å². The fraction of sp³-hybridized carbons (Fsp3) is 0.333. The Morgan fingerprint density at radius 3 is 2.36 bits per heavy atom. The van der Waals surface area contributed by atoms with Crippen LogP contribution in [0.1, 0.15) is 13.3 Å². The number of aromatic nitrogens is 3. The summed E-state index contributed by atoms with van der Waals surface area (Å²) in [7, 11) is 0. The number of hydrazine groups is 1. The number of carbonyl (C=O) groups excluding carboxylic acids is 1. The minimum atomic E-state index is -0.197. The van der Waals surface area contributed by atoms with Crippen molar-refractivity contribution in [3.63, 3.8) is 0 Å². The Labute approximate surface area is 90.0 Å². The first-order chi connectivity index (χ1) is 6.61. The van der Waals surface area contributed by atoms with E-state index < -0.39 is 0 Å². The van der Waals surface area contributed by atoms with E-state index in [0.717, 1.165) is 0 Å². The molecule has 0 aliphatic carbocycles. The molecule has 0 radical (unpaired) electrons. The van der Waals surface area contributed by atoms with Gasteiger partial charge in [0.2, 0.25) is 22.4 Å². The van der Waals surface area contributed by atoms with E-state index in [1.54, 1.807) is 6.92 Å². The molecule has 0 aliphatic rings. The van der Waals surface area contributed by atoms with Gasteiger partial charge in [0, 0.05) is 6.42 Å². The summed E-state index contributed by atoms with van der Waals surface area (Å²) in [6.07, 6.45) is 0.347. The average Bonchev–Trinajstić information content (AvgIpc) is 2.12. The summed E-state index contributed by atoms with van der Waals surface area (Å²) in [5.41, 5.74) is 4.79. The molecule has 0 bridgehead atoms. The maximum atomic E-state index is 10.8. The van der Waals surface area contributed by atoms with Crippen molar-refractivity contribution < 1.29 is 4.79 Å². The van der Waals surface area contributed by atoms with Gasteiger partial charge in [-0.1, -0.05) is 6.92 Å². The zero-order valence-electron chi connectivity index (χ0n) is 7.21. The van der Waals surface area contributed by atoms with Gasteiger partial charge in [0.15, 0.2) is 0 Å². The van der Waals surface area contributed by atoms with Crippen LogP contribution in [0, 0.1) is 0 Å². The first-order valence-electron chi connectivity index (χ1n) is 3.73. The first kappa shape index (κ1) is 10.9. The smallest absolute Gasteiger partial charge is 0.247 e. The maximum absolute atomic E-state index is 10.8. The SMILES string of the molecule is CCC(=O)NNc1nc(Cl)nc(Cl)n1. The molecular weight excluding hydrogens is 229 g/mol. The van der Waals surface area contributed by atoms with Crippen LogP contribution in [0.15, 0.2) is 0 Å². The molecule has 1 aromatic heterocycles. The molecule has 0 saturated carbocycles. The van der Waals surface area contributed by atoms with Crippen LogP contribution in [0.3, 0.4) is 0 Å². The Morgan fingerprint density at radius 1 is 1.29 bits per heavy atom. The number of anilines is 1. The second-order valence-electron chi connectivity index (χ2n) is 2.22. The van der Waals surface area contributed by atoms with Crippen molar-refractivity contribution >= 4 is 35.1 Å². The monoisotopic (exact) mass is 235 g/mol. The molecule has 8 heteroatoms. The van der Waals surface area contributed by atoms with Gasteiger partial charge in [0.05, 0.1) is 0 Å². The summed E-state index contributed by atoms with van der Waals surface area (Å²) in [6, 6.07) is 0. The normalized spacial score (nSPS) is 9.64. The molecule has 0 aliphatic heterocycles. The van der Waals surface area contributed by atoms with Crippen molar-refractivity contribution in [2.45, 2.75) is 13.3 Å². The third kappa shape index (κ3) is 3.31. The summed E-state index contributed by atoms with van der Waals surface area (Å²) in [4.78, 5) is 21.7. The van der Waals surface area contributed by atoms with Crippen molar-refractivity contribution in [1.29, 1.82) is 0 Å². The number of hydrogen-bond acceptors (Lipinski definition) is 5. The summed E-state index contributed by atoms with van der Waals surface area (Å²) in [5, 5.41) is -0.0866. The van der Waals surface area contributed by atoms with E-state index >= 15 is 0 Å². The number of amides is 1. The third-order valence-electron chi connectivity index (χ3n) is 1.22. The van der Waals surface area contributed by atoms with Crippen LogP contribution in [0.2, 0.25) is 10.6 Å². The van der Waals surface area contributed by atoms with E-state index in [2.05, 4.69) is 25.8 Å². The van der Waals surface area contributed by atoms with Crippen LogP contribution in [0.4, 0.5) is 5.95 Å². The Hall–Kier alpha value is -1.14. The third-order valence-corrected chi connectivity index (χ3v) is 1.55. The predicted octanol–water partition coefficient (Wildman–Crippen LogP) is 1.03. The van der Waals surface area contributed by atoms with Gasteiger partial charge in [0.25, 0.3) is 0 Å². The molecular formula is C6H7Cl2N5O. The quantitative estimate of drug-likeness (QED) is 0.766. The predicted molar refractivity (Wildman–Crippen MR) is 51.9 cm³/mol. The van der Waals surface area contributed by atoms with Gasteiger partial charge in [-0.3, -0.25) is 15.6 Å². The highest BCUT2D eigenvalue weighted by Crippen LogP contribution is 2.08. The van der Waals surface area contributed by atoms with Crippen LogP contribution < -0.4 is 10.9 Å². The van der Waals surface area contributed by atoms with E-state index in [4.69, 9.17) is 23.2 Å². The number of hydrogen-bond donors (Lipinski definition) is 2. The summed E-state index contributed by atoms with van der Waals surface area (Å²) in [5.74, 6) is -0.102. The van der Waals surface area contributed by atoms with Crippen LogP contribution in [0.5, 0.6) is 0 Å². The van der Waals surface area contributed by atoms with Gasteiger partial charge in [-0.25, -0.2) is 0 Å². The summed E-state index contributed by atoms with van der Waals surface area (Å²) >= 11 is 11.0. The van der Waals surface area contributed by atoms with Gasteiger partial charge < -0.3 is 0 Å². The van der Waals surface area contributed by atoms with Crippen molar-refractivity contribution in [2.24, 2.45) is 0 Å². The lowest BCUT2D eigenvalue weighted by atomic mass is 10.5. The molecule has 1 rings (SSSR count). The lowest BCUT2D eigenvalue weighted by Crippen LogP contribution is -2.29. The number of rotatable bonds is 3. The molecule has 0 unspecified atom stereocenters. The summed E-state index contributed by atoms with van der Waals surface area (Å²) in [6.45, 7) is 1.71. The average molecular weight is 236 g/mol. The van der Waals surface area contributed by atoms with Crippen molar-refractivity contribution in [1.82, 2.24) is 20.4 Å². The lowest BCUT2D eigenvalue weighted by molar-refractivity contribution is -0.120. The molecule has 1 aromatic rings. The van der Waals surface area contributed by atoms with E-state index in [1.165, 1.54) is 0 Å². The van der Waals surface area contributed by atoms with E-state index in [9.17, 15) is 4.79 Å². The molecule has 14 heavy (non-hydrogen) atoms. The number of nitrogens with zero attached hydrogens (tertiary/aromatic N) is 3. The number of nitrogens with one attached hydrogen (secondary N) is 2. The highest BCUT2D eigenvalue weighted by molar-refractivity contribution is 6.31. The highest BCUT2D eigenvalue weighted by atomic mass is 35.5. The Bertz CT molecular complexity index is 325. The van der Waals surface area contributed by atoms with Gasteiger partial charge in [0.1, 0.15) is 0 Å². The molecule has 0 fully saturated rings. The molecule has 2 N–H and O–H groups in total. The van der Waals surface area contributed by atoms with Crippen molar-refractivity contribution in [2.75, 3.05) is 5.43 Å². The number of halogens is 2. The molecule has 1 amide bonds. The number of carbonyl (C=O) groups is 1. The minimum absolute atomic E-state index is 0.0433. The van der Waals surface area contributed by atoms with Gasteiger partial charge >= 0.3 is 0 Å². The minimum Gasteiger partial charge on any atom is -0.273 e. The fourth-order valence-electron chi connectivity index (χ4n) is 0.596. The maximum Gasteiger partial charge on any atom is 0.247 e. The van der Waals surface area contributed by atoms with Crippen molar-refractivity contribution in [3.8, 4) is 0 Å². The van der Waals surface area contributed by atoms with Crippen molar-refractivity contribution in [3.05, 3.63) is 10.6 Å². The topological polar surface area (TPSA) is 79.8 Å². The summed E-state index contributed by atoms with van der Waals surface area (Å²) < 4.78 is 0. The molecule has 0 spiro atoms. The van der Waals surface area contributed by atoms with Crippen LogP contribution in [0.25, 0.3) is 0 Å². The van der Waals surface area contributed by atoms with E-state index in [1.807, 2.05) is 0 Å². The second kappa shape index (κ2) is 4.92. The molecule has 0 aromatic carbocycles. The second-order valence-corrected chi connectivity index (χ2v) is 2.90. The van der Waals surface area contributed by atoms with Gasteiger partial charge in [-0.05, 0) is 23.2 Å². The van der Waals surface area contributed by atoms with Gasteiger partial charge in [-0.15, -0.1) is 0 Å². The Balaban J connectivity index is 2.63. The molecule has 6 nitrogen and oxygen atoms in total. The molecule has 1 heterocycles. The first-order valence-corrected chi connectivity index (χ1v) is 4.49. The lowest BCUT2D eigenvalue weighted by Gasteiger charge is -2.04. The fourth-order valence-corrected chi connectivity index (χ4v) is 0.959. The standard InChI is InChI=1S/C6H7Cl2N5O/c1-2-3(14)12-13-6-10-4(7)9-5(8)11-6/h2H2,1H3,(H,12,14)(H,9,10,11,13). The van der Waals surface area contributed by atoms with E-state index in [-0.39, 0.29) is 22.4 Å². The van der Waals surface area contributed by atoms with E-state index in [0.29, 0.717) is 6.42 Å². The van der Waals surface area contributed by atoms with Crippen LogP contribution in [-0.2, 0) is 4.79 Å². The zero-order chi connectivity index (χ0) is 10.6. The largest absolute Gasteiger partial charge is 0.273 e. The highest BCUT2D eigenvalue weighted by Gasteiger charge is 2.03. The van der Waals surface area contributed by atoms with Crippen LogP contribution >= 0.6 is 23.2 Å². The van der Waals surface area contributed by atoms with Gasteiger partial charge in [-0.2, -0.15) is 15.0 Å². The Morgan fingerprint density at radius 2 is 1.86 bits per heavy atom. The Kier molecular flexibility index (Phi) is 3.84. The molecule has 0 atom stereocenters. The zero-order valence-corrected chi connectivity index (χ0v) is 8.72.